The quantitative estimate of drug-likeness (QED) is 0.159. The van der Waals surface area contributed by atoms with Crippen LogP contribution in [0.1, 0.15) is 39.0 Å². The first-order valence-corrected chi connectivity index (χ1v) is 15.4. The average molecular weight is 649 g/mol. The molecule has 1 aromatic rings. The molecule has 2 atom stereocenters. The predicted octanol–water partition coefficient (Wildman–Crippen LogP) is 4.63. The molecule has 2 aliphatic heterocycles. The summed E-state index contributed by atoms with van der Waals surface area (Å²) in [6, 6.07) is 7.61. The number of alkyl halides is 3. The molecule has 1 N–H and O–H groups in total. The number of likely N-dealkylation sites (tertiary alicyclic amines) is 2. The van der Waals surface area contributed by atoms with Crippen LogP contribution in [0.3, 0.4) is 0 Å². The van der Waals surface area contributed by atoms with Gasteiger partial charge in [-0.1, -0.05) is 53.0 Å². The van der Waals surface area contributed by atoms with Gasteiger partial charge < -0.3 is 24.4 Å². The van der Waals surface area contributed by atoms with E-state index in [1.807, 2.05) is 11.0 Å². The van der Waals surface area contributed by atoms with Crippen LogP contribution >= 0.6 is 46.6 Å². The van der Waals surface area contributed by atoms with Crippen LogP contribution in [0.15, 0.2) is 41.7 Å². The van der Waals surface area contributed by atoms with Gasteiger partial charge in [0.2, 0.25) is 3.79 Å². The lowest BCUT2D eigenvalue weighted by atomic mass is 10.0. The molecular weight excluding hydrogens is 617 g/mol. The molecule has 2 saturated heterocycles. The number of halogens is 3. The van der Waals surface area contributed by atoms with E-state index in [2.05, 4.69) is 5.32 Å². The van der Waals surface area contributed by atoms with Crippen LogP contribution in [0.5, 0.6) is 5.75 Å². The molecule has 2 heterocycles. The van der Waals surface area contributed by atoms with Crippen molar-refractivity contribution in [2.24, 2.45) is 5.92 Å². The molecule has 2 amide bonds. The van der Waals surface area contributed by atoms with Crippen molar-refractivity contribution in [2.45, 2.75) is 54.2 Å². The Balaban J connectivity index is 1.55. The lowest BCUT2D eigenvalue weighted by Crippen LogP contribution is -2.70. The maximum atomic E-state index is 13.5. The first-order valence-electron chi connectivity index (χ1n) is 13.4. The van der Waals surface area contributed by atoms with Gasteiger partial charge in [0.25, 0.3) is 11.8 Å². The standard InChI is InChI=1S/C27H32Cl3N3O7S/c1-17(32-12-6-3-7-13-32)22(25(36)40-16-27(28,29)30)33-23(35)21(24(33)41-26(37)39-14-18-10-11-18)31-20(34)15-38-19-8-4-2-5-9-19/h2,4-5,8-9,18,21,24H,3,6-7,10-16H2,1H3,(H,31,34). The number of amides is 2. The number of β-lactam (4-membered cyclic amide) rings is 1. The molecule has 3 aliphatic rings. The number of allylic oxidation sites excluding steroid dienone is 1. The van der Waals surface area contributed by atoms with Crippen molar-refractivity contribution in [3.8, 4) is 5.75 Å². The Morgan fingerprint density at radius 3 is 2.37 bits per heavy atom. The Morgan fingerprint density at radius 1 is 1.05 bits per heavy atom. The number of hydrogen-bond donors (Lipinski definition) is 1. The minimum absolute atomic E-state index is 0.0790. The fourth-order valence-corrected chi connectivity index (χ4v) is 5.59. The summed E-state index contributed by atoms with van der Waals surface area (Å²) >= 11 is 18.1. The number of carbonyl (C=O) groups excluding carboxylic acids is 4. The molecule has 14 heteroatoms. The fourth-order valence-electron chi connectivity index (χ4n) is 4.45. The van der Waals surface area contributed by atoms with Crippen molar-refractivity contribution >= 4 is 69.6 Å². The minimum Gasteiger partial charge on any atom is -0.484 e. The van der Waals surface area contributed by atoms with E-state index < -0.39 is 44.9 Å². The maximum Gasteiger partial charge on any atom is 0.369 e. The zero-order valence-corrected chi connectivity index (χ0v) is 25.6. The number of esters is 1. The average Bonchev–Trinajstić information content (AvgIpc) is 3.79. The second-order valence-corrected chi connectivity index (χ2v) is 13.6. The molecule has 41 heavy (non-hydrogen) atoms. The molecule has 3 fully saturated rings. The van der Waals surface area contributed by atoms with Gasteiger partial charge in [0.15, 0.2) is 6.61 Å². The number of carbonyl (C=O) groups is 4. The van der Waals surface area contributed by atoms with Crippen molar-refractivity contribution in [1.82, 2.24) is 15.1 Å². The smallest absolute Gasteiger partial charge is 0.369 e. The summed E-state index contributed by atoms with van der Waals surface area (Å²) in [5.41, 5.74) is 0.409. The Bertz CT molecular complexity index is 1150. The first kappa shape index (κ1) is 31.6. The summed E-state index contributed by atoms with van der Waals surface area (Å²) in [5.74, 6) is -1.23. The van der Waals surface area contributed by atoms with Crippen molar-refractivity contribution < 1.29 is 33.4 Å². The third-order valence-electron chi connectivity index (χ3n) is 6.80. The predicted molar refractivity (Wildman–Crippen MR) is 156 cm³/mol. The summed E-state index contributed by atoms with van der Waals surface area (Å²) in [6.45, 7) is 2.43. The molecular formula is C27H32Cl3N3O7S. The van der Waals surface area contributed by atoms with E-state index in [9.17, 15) is 19.2 Å². The summed E-state index contributed by atoms with van der Waals surface area (Å²) in [6.07, 6.45) is 4.84. The van der Waals surface area contributed by atoms with Crippen LogP contribution in [0, 0.1) is 5.92 Å². The van der Waals surface area contributed by atoms with Gasteiger partial charge in [-0.25, -0.2) is 9.59 Å². The third kappa shape index (κ3) is 9.07. The van der Waals surface area contributed by atoms with Crippen LogP contribution in [0.2, 0.25) is 0 Å². The monoisotopic (exact) mass is 647 g/mol. The van der Waals surface area contributed by atoms with Crippen LogP contribution in [-0.2, 0) is 23.9 Å². The molecule has 224 valence electrons. The number of piperidine rings is 1. The molecule has 1 saturated carbocycles. The number of rotatable bonds is 11. The van der Waals surface area contributed by atoms with E-state index in [0.717, 1.165) is 37.0 Å². The van der Waals surface area contributed by atoms with Crippen LogP contribution < -0.4 is 10.1 Å². The third-order valence-corrected chi connectivity index (χ3v) is 8.16. The highest BCUT2D eigenvalue weighted by atomic mass is 35.6. The van der Waals surface area contributed by atoms with Gasteiger partial charge >= 0.3 is 11.3 Å². The number of ether oxygens (including phenoxy) is 3. The summed E-state index contributed by atoms with van der Waals surface area (Å²) < 4.78 is 14.3. The Labute approximate surface area is 257 Å². The van der Waals surface area contributed by atoms with Crippen molar-refractivity contribution in [1.29, 1.82) is 0 Å². The van der Waals surface area contributed by atoms with Gasteiger partial charge in [0, 0.05) is 18.8 Å². The van der Waals surface area contributed by atoms with E-state index in [1.165, 1.54) is 0 Å². The van der Waals surface area contributed by atoms with E-state index in [1.54, 1.807) is 31.2 Å². The molecule has 4 rings (SSSR count). The zero-order chi connectivity index (χ0) is 29.6. The highest BCUT2D eigenvalue weighted by molar-refractivity contribution is 8.13. The van der Waals surface area contributed by atoms with Crippen molar-refractivity contribution in [3.63, 3.8) is 0 Å². The number of hydrogen-bond acceptors (Lipinski definition) is 9. The van der Waals surface area contributed by atoms with Crippen molar-refractivity contribution in [3.05, 3.63) is 41.7 Å². The van der Waals surface area contributed by atoms with E-state index in [4.69, 9.17) is 49.0 Å². The van der Waals surface area contributed by atoms with Gasteiger partial charge in [-0.3, -0.25) is 14.5 Å². The largest absolute Gasteiger partial charge is 0.484 e. The molecule has 1 aromatic carbocycles. The van der Waals surface area contributed by atoms with Gasteiger partial charge in [0.05, 0.1) is 6.61 Å². The number of benzene rings is 1. The van der Waals surface area contributed by atoms with Crippen LogP contribution in [0.4, 0.5) is 4.79 Å². The lowest BCUT2D eigenvalue weighted by molar-refractivity contribution is -0.153. The molecule has 1 aliphatic carbocycles. The lowest BCUT2D eigenvalue weighted by Gasteiger charge is -2.47. The van der Waals surface area contributed by atoms with E-state index >= 15 is 0 Å². The molecule has 0 aromatic heterocycles. The molecule has 0 spiro atoms. The first-order chi connectivity index (χ1) is 19.5. The second-order valence-electron chi connectivity index (χ2n) is 10.0. The van der Waals surface area contributed by atoms with E-state index in [0.29, 0.717) is 42.2 Å². The second kappa shape index (κ2) is 14.2. The maximum absolute atomic E-state index is 13.5. The Morgan fingerprint density at radius 2 is 1.73 bits per heavy atom. The minimum atomic E-state index is -1.87. The van der Waals surface area contributed by atoms with Crippen LogP contribution in [0.25, 0.3) is 0 Å². The molecule has 2 unspecified atom stereocenters. The molecule has 0 radical (unpaired) electrons. The molecule has 0 bridgehead atoms. The number of thioether (sulfide) groups is 1. The van der Waals surface area contributed by atoms with Gasteiger partial charge in [0.1, 0.15) is 29.5 Å². The summed E-state index contributed by atoms with van der Waals surface area (Å²) in [7, 11) is 0. The van der Waals surface area contributed by atoms with Gasteiger partial charge in [-0.15, -0.1) is 0 Å². The van der Waals surface area contributed by atoms with E-state index in [-0.39, 0.29) is 18.9 Å². The van der Waals surface area contributed by atoms with Gasteiger partial charge in [-0.05, 0) is 68.8 Å². The van der Waals surface area contributed by atoms with Crippen molar-refractivity contribution in [2.75, 3.05) is 32.9 Å². The number of para-hydroxylation sites is 1. The zero-order valence-electron chi connectivity index (χ0n) is 22.5. The molecule has 10 nitrogen and oxygen atoms in total. The SMILES string of the molecule is CC(=C(C(=O)OCC(Cl)(Cl)Cl)N1C(=O)C(NC(=O)COc2ccccc2)C1SC(=O)OCC1CC1)N1CCCCC1. The topological polar surface area (TPSA) is 114 Å². The summed E-state index contributed by atoms with van der Waals surface area (Å²) in [5, 5.41) is 1.03. The summed E-state index contributed by atoms with van der Waals surface area (Å²) in [4.78, 5) is 55.6. The number of nitrogens with zero attached hydrogens (tertiary/aromatic N) is 2. The fraction of sp³-hybridized carbons (Fsp3) is 0.556. The Hall–Kier alpha value is -2.34. The van der Waals surface area contributed by atoms with Crippen LogP contribution in [-0.4, -0.2) is 81.0 Å². The Kier molecular flexibility index (Phi) is 11.0. The highest BCUT2D eigenvalue weighted by Crippen LogP contribution is 2.38. The van der Waals surface area contributed by atoms with Gasteiger partial charge in [-0.2, -0.15) is 0 Å². The normalized spacial score (nSPS) is 21.4. The number of nitrogens with one attached hydrogen (secondary N) is 1. The highest BCUT2D eigenvalue weighted by Gasteiger charge is 2.54.